The summed E-state index contributed by atoms with van der Waals surface area (Å²) in [5.41, 5.74) is 0. The zero-order valence-corrected chi connectivity index (χ0v) is 16.9. The molecule has 3 rings (SSSR count). The lowest BCUT2D eigenvalue weighted by atomic mass is 10.2. The van der Waals surface area contributed by atoms with Crippen LogP contribution in [0.4, 0.5) is 0 Å². The molecule has 2 aromatic rings. The Morgan fingerprint density at radius 2 is 2.12 bits per heavy atom. The highest BCUT2D eigenvalue weighted by Gasteiger charge is 2.23. The van der Waals surface area contributed by atoms with E-state index < -0.39 is 0 Å². The lowest BCUT2D eigenvalue weighted by molar-refractivity contribution is 0.441. The Morgan fingerprint density at radius 1 is 1.38 bits per heavy atom. The minimum Gasteiger partial charge on any atom is -0.464 e. The van der Waals surface area contributed by atoms with Gasteiger partial charge in [-0.1, -0.05) is 0 Å². The lowest BCUT2D eigenvalue weighted by Crippen LogP contribution is -2.40. The van der Waals surface area contributed by atoms with E-state index >= 15 is 0 Å². The molecule has 1 aliphatic rings. The van der Waals surface area contributed by atoms with Crippen molar-refractivity contribution in [1.82, 2.24) is 25.4 Å². The number of nitrogens with one attached hydrogen (secondary N) is 2. The summed E-state index contributed by atoms with van der Waals surface area (Å²) in [6.07, 6.45) is 2.38. The van der Waals surface area contributed by atoms with Gasteiger partial charge >= 0.3 is 0 Å². The van der Waals surface area contributed by atoms with E-state index in [1.54, 1.807) is 0 Å². The van der Waals surface area contributed by atoms with E-state index in [4.69, 9.17) is 4.42 Å². The first kappa shape index (κ1) is 18.8. The van der Waals surface area contributed by atoms with Gasteiger partial charge in [-0.05, 0) is 45.7 Å². The number of aliphatic imine (C=N–C) groups is 1. The normalized spacial score (nSPS) is 15.8. The number of hydrogen-bond acceptors (Lipinski definition) is 4. The molecule has 1 fully saturated rings. The third-order valence-electron chi connectivity index (χ3n) is 4.02. The molecule has 2 N–H and O–H groups in total. The van der Waals surface area contributed by atoms with Crippen molar-refractivity contribution in [2.24, 2.45) is 12.0 Å². The van der Waals surface area contributed by atoms with E-state index in [2.05, 4.69) is 32.7 Å². The third-order valence-corrected chi connectivity index (χ3v) is 4.02. The molecule has 0 aliphatic heterocycles. The quantitative estimate of drug-likeness (QED) is 0.421. The summed E-state index contributed by atoms with van der Waals surface area (Å²) in [4.78, 5) is 4.65. The molecule has 1 aliphatic carbocycles. The van der Waals surface area contributed by atoms with Crippen molar-refractivity contribution in [3.63, 3.8) is 0 Å². The van der Waals surface area contributed by atoms with Gasteiger partial charge in [0.1, 0.15) is 23.9 Å². The predicted octanol–water partition coefficient (Wildman–Crippen LogP) is 2.60. The second-order valence-electron chi connectivity index (χ2n) is 6.12. The maximum Gasteiger partial charge on any atom is 0.192 e. The van der Waals surface area contributed by atoms with Gasteiger partial charge < -0.3 is 19.6 Å². The van der Waals surface area contributed by atoms with Gasteiger partial charge in [0.2, 0.25) is 0 Å². The monoisotopic (exact) mass is 444 g/mol. The van der Waals surface area contributed by atoms with Crippen molar-refractivity contribution >= 4 is 29.9 Å². The highest BCUT2D eigenvalue weighted by atomic mass is 127. The Balaban J connectivity index is 0.00000208. The van der Waals surface area contributed by atoms with E-state index in [0.29, 0.717) is 12.6 Å². The second-order valence-corrected chi connectivity index (χ2v) is 6.12. The molecule has 2 heterocycles. The van der Waals surface area contributed by atoms with Gasteiger partial charge in [0.15, 0.2) is 11.8 Å². The Hall–Kier alpha value is -1.58. The highest BCUT2D eigenvalue weighted by Crippen LogP contribution is 2.19. The van der Waals surface area contributed by atoms with Crippen LogP contribution >= 0.6 is 24.0 Å². The van der Waals surface area contributed by atoms with Gasteiger partial charge in [-0.2, -0.15) is 0 Å². The molecule has 0 amide bonds. The maximum atomic E-state index is 5.68. The number of halogens is 1. The van der Waals surface area contributed by atoms with Crippen LogP contribution < -0.4 is 10.6 Å². The molecule has 0 saturated heterocycles. The summed E-state index contributed by atoms with van der Waals surface area (Å²) < 4.78 is 7.64. The molecule has 7 nitrogen and oxygen atoms in total. The largest absolute Gasteiger partial charge is 0.464 e. The number of aryl methyl sites for hydroxylation is 2. The van der Waals surface area contributed by atoms with Crippen LogP contribution in [-0.4, -0.2) is 26.8 Å². The van der Waals surface area contributed by atoms with Crippen molar-refractivity contribution in [1.29, 1.82) is 0 Å². The molecule has 0 spiro atoms. The molecule has 24 heavy (non-hydrogen) atoms. The van der Waals surface area contributed by atoms with Gasteiger partial charge in [-0.25, -0.2) is 4.99 Å². The summed E-state index contributed by atoms with van der Waals surface area (Å²) in [7, 11) is 1.95. The predicted molar refractivity (Wildman–Crippen MR) is 103 cm³/mol. The number of nitrogens with zero attached hydrogens (tertiary/aromatic N) is 4. The van der Waals surface area contributed by atoms with Crippen molar-refractivity contribution < 1.29 is 4.42 Å². The maximum absolute atomic E-state index is 5.68. The first-order valence-electron chi connectivity index (χ1n) is 8.01. The molecule has 132 valence electrons. The molecule has 2 aromatic heterocycles. The fourth-order valence-corrected chi connectivity index (χ4v) is 2.25. The smallest absolute Gasteiger partial charge is 0.192 e. The summed E-state index contributed by atoms with van der Waals surface area (Å²) in [5.74, 6) is 4.34. The second kappa shape index (κ2) is 8.00. The topological polar surface area (TPSA) is 80.3 Å². The van der Waals surface area contributed by atoms with Gasteiger partial charge in [-0.3, -0.25) is 0 Å². The highest BCUT2D eigenvalue weighted by molar-refractivity contribution is 14.0. The fourth-order valence-electron chi connectivity index (χ4n) is 2.25. The molecule has 0 radical (unpaired) electrons. The average Bonchev–Trinajstić information content (AvgIpc) is 3.14. The van der Waals surface area contributed by atoms with Crippen LogP contribution in [0.2, 0.25) is 0 Å². The van der Waals surface area contributed by atoms with Crippen molar-refractivity contribution in [2.75, 3.05) is 0 Å². The van der Waals surface area contributed by atoms with Crippen molar-refractivity contribution in [3.8, 4) is 0 Å². The van der Waals surface area contributed by atoms with Crippen molar-refractivity contribution in [2.45, 2.75) is 52.2 Å². The number of guanidine groups is 1. The number of aromatic nitrogens is 3. The number of rotatable bonds is 5. The Kier molecular flexibility index (Phi) is 6.25. The Bertz CT molecular complexity index is 703. The van der Waals surface area contributed by atoms with E-state index in [-0.39, 0.29) is 30.0 Å². The fraction of sp³-hybridized carbons (Fsp3) is 0.562. The first-order chi connectivity index (χ1) is 11.0. The van der Waals surface area contributed by atoms with Crippen LogP contribution in [0.25, 0.3) is 0 Å². The van der Waals surface area contributed by atoms with Crippen LogP contribution in [0.3, 0.4) is 0 Å². The minimum absolute atomic E-state index is 0. The Labute approximate surface area is 159 Å². The van der Waals surface area contributed by atoms with Crippen LogP contribution in [-0.2, 0) is 13.6 Å². The first-order valence-corrected chi connectivity index (χ1v) is 8.01. The van der Waals surface area contributed by atoms with Gasteiger partial charge in [0, 0.05) is 13.1 Å². The molecular formula is C16H25IN6O. The summed E-state index contributed by atoms with van der Waals surface area (Å²) in [6, 6.07) is 4.54. The van der Waals surface area contributed by atoms with E-state index in [0.717, 1.165) is 29.1 Å². The summed E-state index contributed by atoms with van der Waals surface area (Å²) in [5, 5.41) is 15.1. The van der Waals surface area contributed by atoms with Crippen molar-refractivity contribution in [3.05, 3.63) is 35.3 Å². The molecule has 1 unspecified atom stereocenters. The molecule has 1 atom stereocenters. The summed E-state index contributed by atoms with van der Waals surface area (Å²) in [6.45, 7) is 6.44. The standard InChI is InChI=1S/C16H24N6O.HI/c1-10-5-8-14(23-10)11(2)18-16(19-13-6-7-13)17-9-15-21-20-12(3)22(15)4;/h5,8,11,13H,6-7,9H2,1-4H3,(H2,17,18,19);1H. The minimum atomic E-state index is 0. The van der Waals surface area contributed by atoms with Crippen LogP contribution in [0, 0.1) is 13.8 Å². The molecule has 0 bridgehead atoms. The number of furan rings is 1. The molecule has 8 heteroatoms. The SMILES string of the molecule is Cc1ccc(C(C)NC(=NCc2nnc(C)n2C)NC2CC2)o1.I. The van der Waals surface area contributed by atoms with Gasteiger partial charge in [0.05, 0.1) is 6.04 Å². The molecule has 1 saturated carbocycles. The average molecular weight is 444 g/mol. The van der Waals surface area contributed by atoms with E-state index in [1.807, 2.05) is 37.6 Å². The lowest BCUT2D eigenvalue weighted by Gasteiger charge is -2.16. The van der Waals surface area contributed by atoms with Gasteiger partial charge in [-0.15, -0.1) is 34.2 Å². The zero-order chi connectivity index (χ0) is 16.4. The Morgan fingerprint density at radius 3 is 2.67 bits per heavy atom. The van der Waals surface area contributed by atoms with Gasteiger partial charge in [0.25, 0.3) is 0 Å². The molecular weight excluding hydrogens is 419 g/mol. The third kappa shape index (κ3) is 4.71. The number of hydrogen-bond donors (Lipinski definition) is 2. The zero-order valence-electron chi connectivity index (χ0n) is 14.5. The van der Waals surface area contributed by atoms with Crippen LogP contribution in [0.1, 0.15) is 49.0 Å². The van der Waals surface area contributed by atoms with Crippen LogP contribution in [0.15, 0.2) is 21.5 Å². The molecule has 0 aromatic carbocycles. The van der Waals surface area contributed by atoms with E-state index in [1.165, 1.54) is 12.8 Å². The summed E-state index contributed by atoms with van der Waals surface area (Å²) >= 11 is 0. The van der Waals surface area contributed by atoms with E-state index in [9.17, 15) is 0 Å². The van der Waals surface area contributed by atoms with Crippen LogP contribution in [0.5, 0.6) is 0 Å².